The zero-order valence-electron chi connectivity index (χ0n) is 11.9. The molecule has 1 unspecified atom stereocenters. The van der Waals surface area contributed by atoms with Gasteiger partial charge in [-0.25, -0.2) is 4.39 Å². The summed E-state index contributed by atoms with van der Waals surface area (Å²) in [6.45, 7) is 2.06. The van der Waals surface area contributed by atoms with Gasteiger partial charge in [0.25, 0.3) is 0 Å². The molecule has 0 spiro atoms. The number of halogens is 2. The molecule has 0 aliphatic carbocycles. The van der Waals surface area contributed by atoms with Gasteiger partial charge in [0.1, 0.15) is 5.82 Å². The highest BCUT2D eigenvalue weighted by Crippen LogP contribution is 2.21. The van der Waals surface area contributed by atoms with E-state index in [2.05, 4.69) is 21.2 Å². The van der Waals surface area contributed by atoms with Gasteiger partial charge in [-0.3, -0.25) is 0 Å². The summed E-state index contributed by atoms with van der Waals surface area (Å²) in [5.41, 5.74) is 2.16. The molecule has 2 N–H and O–H groups in total. The van der Waals surface area contributed by atoms with Crippen LogP contribution in [0.5, 0.6) is 0 Å². The van der Waals surface area contributed by atoms with Crippen molar-refractivity contribution in [3.8, 4) is 0 Å². The number of hydrogen-bond acceptors (Lipinski definition) is 2. The second kappa shape index (κ2) is 7.69. The Kier molecular flexibility index (Phi) is 5.91. The average Bonchev–Trinajstić information content (AvgIpc) is 2.50. The van der Waals surface area contributed by atoms with E-state index in [-0.39, 0.29) is 24.5 Å². The van der Waals surface area contributed by atoms with Gasteiger partial charge in [0.2, 0.25) is 0 Å². The lowest BCUT2D eigenvalue weighted by Gasteiger charge is -2.22. The van der Waals surface area contributed by atoms with Crippen molar-refractivity contribution < 1.29 is 9.50 Å². The molecule has 2 atom stereocenters. The van der Waals surface area contributed by atoms with Gasteiger partial charge in [0.05, 0.1) is 11.1 Å². The summed E-state index contributed by atoms with van der Waals surface area (Å²) in [6.07, 6.45) is 0.754. The van der Waals surface area contributed by atoms with Crippen LogP contribution in [-0.2, 0) is 6.42 Å². The van der Waals surface area contributed by atoms with Crippen molar-refractivity contribution in [2.45, 2.75) is 25.4 Å². The number of nitrogens with one attached hydrogen (secondary N) is 1. The Labute approximate surface area is 133 Å². The summed E-state index contributed by atoms with van der Waals surface area (Å²) >= 11 is 3.20. The third kappa shape index (κ3) is 4.63. The first-order valence-electron chi connectivity index (χ1n) is 6.96. The Morgan fingerprint density at radius 1 is 1.19 bits per heavy atom. The lowest BCUT2D eigenvalue weighted by molar-refractivity contribution is 0.232. The van der Waals surface area contributed by atoms with Crippen molar-refractivity contribution in [3.63, 3.8) is 0 Å². The molecule has 0 fully saturated rings. The molecule has 0 saturated heterocycles. The second-order valence-electron chi connectivity index (χ2n) is 5.13. The lowest BCUT2D eigenvalue weighted by atomic mass is 10.0. The van der Waals surface area contributed by atoms with Gasteiger partial charge < -0.3 is 10.4 Å². The fraction of sp³-hybridized carbons (Fsp3) is 0.294. The average molecular weight is 352 g/mol. The van der Waals surface area contributed by atoms with Crippen LogP contribution in [0.25, 0.3) is 0 Å². The van der Waals surface area contributed by atoms with Gasteiger partial charge >= 0.3 is 0 Å². The highest BCUT2D eigenvalue weighted by atomic mass is 79.9. The molecule has 0 amide bonds. The Hall–Kier alpha value is -1.23. The van der Waals surface area contributed by atoms with Crippen molar-refractivity contribution in [3.05, 3.63) is 69.9 Å². The summed E-state index contributed by atoms with van der Waals surface area (Å²) in [5, 5.41) is 12.9. The fourth-order valence-electron chi connectivity index (χ4n) is 2.31. The summed E-state index contributed by atoms with van der Waals surface area (Å²) in [4.78, 5) is 0. The van der Waals surface area contributed by atoms with Gasteiger partial charge in [-0.1, -0.05) is 36.4 Å². The summed E-state index contributed by atoms with van der Waals surface area (Å²) in [5.74, 6) is -0.269. The molecular formula is C17H19BrFNO. The summed E-state index contributed by atoms with van der Waals surface area (Å²) in [7, 11) is 0. The number of rotatable bonds is 6. The second-order valence-corrected chi connectivity index (χ2v) is 5.99. The van der Waals surface area contributed by atoms with Gasteiger partial charge in [0, 0.05) is 12.1 Å². The van der Waals surface area contributed by atoms with Crippen molar-refractivity contribution in [2.24, 2.45) is 0 Å². The zero-order chi connectivity index (χ0) is 15.2. The Balaban J connectivity index is 2.02. The maximum atomic E-state index is 13.3. The molecule has 2 aromatic rings. The van der Waals surface area contributed by atoms with E-state index < -0.39 is 0 Å². The van der Waals surface area contributed by atoms with Crippen LogP contribution >= 0.6 is 15.9 Å². The van der Waals surface area contributed by atoms with Crippen molar-refractivity contribution in [1.82, 2.24) is 5.32 Å². The highest BCUT2D eigenvalue weighted by Gasteiger charge is 2.14. The maximum absolute atomic E-state index is 13.3. The molecule has 0 aromatic heterocycles. The molecule has 0 radical (unpaired) electrons. The number of aliphatic hydroxyl groups excluding tert-OH is 1. The first kappa shape index (κ1) is 16.1. The van der Waals surface area contributed by atoms with Crippen LogP contribution < -0.4 is 5.32 Å². The summed E-state index contributed by atoms with van der Waals surface area (Å²) < 4.78 is 13.7. The molecule has 4 heteroatoms. The Bertz CT molecular complexity index is 576. The van der Waals surface area contributed by atoms with Crippen LogP contribution in [0.1, 0.15) is 24.1 Å². The molecule has 0 aliphatic rings. The van der Waals surface area contributed by atoms with Crippen LogP contribution in [0.15, 0.2) is 53.0 Å². The van der Waals surface area contributed by atoms with E-state index in [1.807, 2.05) is 37.3 Å². The predicted molar refractivity (Wildman–Crippen MR) is 86.7 cm³/mol. The normalized spacial score (nSPS) is 13.9. The summed E-state index contributed by atoms with van der Waals surface area (Å²) in [6, 6.07) is 15.0. The van der Waals surface area contributed by atoms with E-state index in [0.29, 0.717) is 4.47 Å². The minimum atomic E-state index is -0.269. The highest BCUT2D eigenvalue weighted by molar-refractivity contribution is 9.10. The van der Waals surface area contributed by atoms with E-state index in [4.69, 9.17) is 0 Å². The van der Waals surface area contributed by atoms with Gasteiger partial charge in [0.15, 0.2) is 0 Å². The Morgan fingerprint density at radius 3 is 2.52 bits per heavy atom. The first-order valence-corrected chi connectivity index (χ1v) is 7.75. The van der Waals surface area contributed by atoms with Crippen LogP contribution in [0, 0.1) is 5.82 Å². The van der Waals surface area contributed by atoms with Crippen LogP contribution in [-0.4, -0.2) is 17.8 Å². The largest absolute Gasteiger partial charge is 0.395 e. The molecule has 0 bridgehead atoms. The molecule has 0 aliphatic heterocycles. The number of aliphatic hydroxyl groups is 1. The minimum absolute atomic E-state index is 0.0303. The van der Waals surface area contributed by atoms with Gasteiger partial charge in [-0.15, -0.1) is 0 Å². The van der Waals surface area contributed by atoms with E-state index in [1.165, 1.54) is 11.6 Å². The fourth-order valence-corrected chi connectivity index (χ4v) is 2.70. The third-order valence-electron chi connectivity index (χ3n) is 3.47. The van der Waals surface area contributed by atoms with E-state index in [0.717, 1.165) is 12.0 Å². The molecule has 21 heavy (non-hydrogen) atoms. The van der Waals surface area contributed by atoms with Crippen molar-refractivity contribution >= 4 is 15.9 Å². The SMILES string of the molecule is CC(N[C@H](CO)Cc1ccccc1)c1ccc(F)c(Br)c1. The van der Waals surface area contributed by atoms with Gasteiger partial charge in [-0.2, -0.15) is 0 Å². The molecule has 2 rings (SSSR count). The predicted octanol–water partition coefficient (Wildman–Crippen LogP) is 3.84. The number of benzene rings is 2. The molecule has 0 saturated carbocycles. The van der Waals surface area contributed by atoms with E-state index in [1.54, 1.807) is 12.1 Å². The van der Waals surface area contributed by atoms with Crippen molar-refractivity contribution in [1.29, 1.82) is 0 Å². The number of hydrogen-bond donors (Lipinski definition) is 2. The van der Waals surface area contributed by atoms with E-state index in [9.17, 15) is 9.50 Å². The quantitative estimate of drug-likeness (QED) is 0.828. The smallest absolute Gasteiger partial charge is 0.137 e. The monoisotopic (exact) mass is 351 g/mol. The standard InChI is InChI=1S/C17H19BrFNO/c1-12(14-7-8-17(19)16(18)10-14)20-15(11-21)9-13-5-3-2-4-6-13/h2-8,10,12,15,20-21H,9,11H2,1H3/t12?,15-/m0/s1. The lowest BCUT2D eigenvalue weighted by Crippen LogP contribution is -2.36. The molecule has 2 aromatic carbocycles. The maximum Gasteiger partial charge on any atom is 0.137 e. The van der Waals surface area contributed by atoms with Gasteiger partial charge in [-0.05, 0) is 52.5 Å². The molecule has 112 valence electrons. The zero-order valence-corrected chi connectivity index (χ0v) is 13.5. The third-order valence-corrected chi connectivity index (χ3v) is 4.08. The van der Waals surface area contributed by atoms with Crippen LogP contribution in [0.4, 0.5) is 4.39 Å². The van der Waals surface area contributed by atoms with E-state index >= 15 is 0 Å². The topological polar surface area (TPSA) is 32.3 Å². The van der Waals surface area contributed by atoms with Crippen molar-refractivity contribution in [2.75, 3.05) is 6.61 Å². The first-order chi connectivity index (χ1) is 10.1. The Morgan fingerprint density at radius 2 is 1.90 bits per heavy atom. The van der Waals surface area contributed by atoms with Crippen LogP contribution in [0.2, 0.25) is 0 Å². The molecule has 0 heterocycles. The molecule has 2 nitrogen and oxygen atoms in total. The minimum Gasteiger partial charge on any atom is -0.395 e. The molecular weight excluding hydrogens is 333 g/mol. The van der Waals surface area contributed by atoms with Crippen LogP contribution in [0.3, 0.4) is 0 Å².